The maximum Gasteiger partial charge on any atom is 0.192 e. The quantitative estimate of drug-likeness (QED) is 0.465. The minimum Gasteiger partial charge on any atom is -0.382 e. The Morgan fingerprint density at radius 2 is 2.62 bits per heavy atom. The van der Waals surface area contributed by atoms with Gasteiger partial charge in [-0.05, 0) is 0 Å². The van der Waals surface area contributed by atoms with E-state index in [1.54, 1.807) is 12.4 Å². The maximum absolute atomic E-state index is 10.4. The van der Waals surface area contributed by atoms with Crippen molar-refractivity contribution in [2.24, 2.45) is 4.99 Å². The second-order valence-corrected chi connectivity index (χ2v) is 1.44. The fourth-order valence-corrected chi connectivity index (χ4v) is 0.427. The number of hydrogen-bond donors (Lipinski definition) is 1. The summed E-state index contributed by atoms with van der Waals surface area (Å²) in [7, 11) is 0. The van der Waals surface area contributed by atoms with Crippen LogP contribution in [-0.2, 0) is 4.79 Å². The average Bonchev–Trinajstić information content (AvgIpc) is 1.94. The van der Waals surface area contributed by atoms with Crippen LogP contribution in [0.25, 0.3) is 0 Å². The molecule has 0 saturated carbocycles. The monoisotopic (exact) mass is 110 g/mol. The first-order chi connectivity index (χ1) is 3.89. The van der Waals surface area contributed by atoms with Crippen LogP contribution < -0.4 is 5.32 Å². The number of aliphatic imine (C=N–C) groups is 1. The fraction of sp³-hybridized carbons (Fsp3) is 0.200. The van der Waals surface area contributed by atoms with E-state index in [9.17, 15) is 4.79 Å². The van der Waals surface area contributed by atoms with E-state index < -0.39 is 0 Å². The van der Waals surface area contributed by atoms with Gasteiger partial charge in [-0.2, -0.15) is 0 Å². The molecule has 1 aliphatic heterocycles. The lowest BCUT2D eigenvalue weighted by Gasteiger charge is -1.87. The van der Waals surface area contributed by atoms with Gasteiger partial charge in [0.1, 0.15) is 0 Å². The summed E-state index contributed by atoms with van der Waals surface area (Å²) in [4.78, 5) is 14.1. The first kappa shape index (κ1) is 5.03. The molecule has 0 bridgehead atoms. The molecule has 1 aliphatic rings. The number of hydrogen-bond acceptors (Lipinski definition) is 3. The zero-order valence-corrected chi connectivity index (χ0v) is 4.29. The third-order valence-electron chi connectivity index (χ3n) is 0.773. The first-order valence-corrected chi connectivity index (χ1v) is 2.34. The summed E-state index contributed by atoms with van der Waals surface area (Å²) in [6.07, 6.45) is 4.49. The Balaban J connectivity index is 2.58. The SMILES string of the molecule is O=C1C=NC=CNC1. The van der Waals surface area contributed by atoms with E-state index in [2.05, 4.69) is 10.3 Å². The van der Waals surface area contributed by atoms with Gasteiger partial charge in [0.25, 0.3) is 0 Å². The summed E-state index contributed by atoms with van der Waals surface area (Å²) in [6, 6.07) is 0. The van der Waals surface area contributed by atoms with E-state index in [0.29, 0.717) is 6.54 Å². The maximum atomic E-state index is 10.4. The highest BCUT2D eigenvalue weighted by Gasteiger charge is 1.93. The second-order valence-electron chi connectivity index (χ2n) is 1.44. The zero-order chi connectivity index (χ0) is 5.82. The van der Waals surface area contributed by atoms with Gasteiger partial charge in [-0.15, -0.1) is 0 Å². The van der Waals surface area contributed by atoms with E-state index in [4.69, 9.17) is 0 Å². The predicted octanol–water partition coefficient (Wildman–Crippen LogP) is -0.299. The van der Waals surface area contributed by atoms with Gasteiger partial charge >= 0.3 is 0 Å². The van der Waals surface area contributed by atoms with Crippen molar-refractivity contribution < 1.29 is 4.79 Å². The zero-order valence-electron chi connectivity index (χ0n) is 4.29. The summed E-state index contributed by atoms with van der Waals surface area (Å²) < 4.78 is 0. The van der Waals surface area contributed by atoms with Crippen molar-refractivity contribution in [3.63, 3.8) is 0 Å². The highest BCUT2D eigenvalue weighted by Crippen LogP contribution is 1.76. The van der Waals surface area contributed by atoms with Crippen LogP contribution in [0.3, 0.4) is 0 Å². The summed E-state index contributed by atoms with van der Waals surface area (Å²) in [6.45, 7) is 0.361. The number of nitrogens with one attached hydrogen (secondary N) is 1. The number of nitrogens with zero attached hydrogens (tertiary/aromatic N) is 1. The molecule has 8 heavy (non-hydrogen) atoms. The highest BCUT2D eigenvalue weighted by atomic mass is 16.1. The standard InChI is InChI=1S/C5H6N2O/c8-5-3-6-1-2-7-4-5/h1-3,7H,4H2. The molecule has 0 amide bonds. The third kappa shape index (κ3) is 1.18. The molecule has 0 radical (unpaired) electrons. The molecule has 0 atom stereocenters. The van der Waals surface area contributed by atoms with Crippen molar-refractivity contribution in [1.82, 2.24) is 5.32 Å². The van der Waals surface area contributed by atoms with Gasteiger partial charge in [0.05, 0.1) is 12.8 Å². The minimum absolute atomic E-state index is 0.00926. The summed E-state index contributed by atoms with van der Waals surface area (Å²) >= 11 is 0. The molecule has 0 unspecified atom stereocenters. The molecule has 0 aromatic heterocycles. The van der Waals surface area contributed by atoms with E-state index in [1.807, 2.05) is 0 Å². The topological polar surface area (TPSA) is 41.5 Å². The van der Waals surface area contributed by atoms with Crippen LogP contribution in [-0.4, -0.2) is 18.5 Å². The van der Waals surface area contributed by atoms with Crippen molar-refractivity contribution in [3.05, 3.63) is 12.4 Å². The summed E-state index contributed by atoms with van der Waals surface area (Å²) in [5.74, 6) is 0.00926. The number of carbonyl (C=O) groups excluding carboxylic acids is 1. The Bertz CT molecular complexity index is 149. The smallest absolute Gasteiger partial charge is 0.192 e. The molecule has 0 saturated heterocycles. The lowest BCUT2D eigenvalue weighted by atomic mass is 10.4. The lowest BCUT2D eigenvalue weighted by Crippen LogP contribution is -2.16. The molecule has 0 aromatic carbocycles. The van der Waals surface area contributed by atoms with Crippen molar-refractivity contribution in [2.45, 2.75) is 0 Å². The van der Waals surface area contributed by atoms with Crippen LogP contribution in [0.15, 0.2) is 17.4 Å². The Kier molecular flexibility index (Phi) is 1.42. The number of carbonyl (C=O) groups is 1. The molecule has 1 heterocycles. The van der Waals surface area contributed by atoms with Crippen molar-refractivity contribution in [3.8, 4) is 0 Å². The largest absolute Gasteiger partial charge is 0.382 e. The van der Waals surface area contributed by atoms with E-state index in [-0.39, 0.29) is 5.78 Å². The third-order valence-corrected chi connectivity index (χ3v) is 0.773. The molecule has 1 N–H and O–H groups in total. The van der Waals surface area contributed by atoms with Crippen LogP contribution in [0.5, 0.6) is 0 Å². The number of rotatable bonds is 0. The minimum atomic E-state index is 0.00926. The van der Waals surface area contributed by atoms with Crippen molar-refractivity contribution >= 4 is 12.0 Å². The fourth-order valence-electron chi connectivity index (χ4n) is 0.427. The van der Waals surface area contributed by atoms with Crippen LogP contribution in [0.2, 0.25) is 0 Å². The molecular weight excluding hydrogens is 104 g/mol. The van der Waals surface area contributed by atoms with Gasteiger partial charge in [-0.1, -0.05) is 0 Å². The van der Waals surface area contributed by atoms with Crippen molar-refractivity contribution in [1.29, 1.82) is 0 Å². The Morgan fingerprint density at radius 3 is 3.50 bits per heavy atom. The van der Waals surface area contributed by atoms with Gasteiger partial charge in [0.2, 0.25) is 0 Å². The van der Waals surface area contributed by atoms with E-state index in [0.717, 1.165) is 0 Å². The normalized spacial score (nSPS) is 17.8. The summed E-state index contributed by atoms with van der Waals surface area (Å²) in [5.41, 5.74) is 0. The summed E-state index contributed by atoms with van der Waals surface area (Å²) in [5, 5.41) is 2.74. The van der Waals surface area contributed by atoms with Gasteiger partial charge < -0.3 is 5.32 Å². The molecule has 0 aromatic rings. The van der Waals surface area contributed by atoms with Gasteiger partial charge in [-0.25, -0.2) is 0 Å². The molecule has 0 spiro atoms. The van der Waals surface area contributed by atoms with Gasteiger partial charge in [-0.3, -0.25) is 9.79 Å². The molecular formula is C5H6N2O. The van der Waals surface area contributed by atoms with Crippen LogP contribution >= 0.6 is 0 Å². The lowest BCUT2D eigenvalue weighted by molar-refractivity contribution is -0.111. The second kappa shape index (κ2) is 2.26. The number of Topliss-reactive ketones (excluding diaryl/α,β-unsaturated/α-hetero) is 1. The van der Waals surface area contributed by atoms with E-state index in [1.165, 1.54) is 6.21 Å². The van der Waals surface area contributed by atoms with Crippen LogP contribution in [0.1, 0.15) is 0 Å². The highest BCUT2D eigenvalue weighted by molar-refractivity contribution is 6.28. The predicted molar refractivity (Wildman–Crippen MR) is 30.6 cm³/mol. The molecule has 0 fully saturated rings. The Labute approximate surface area is 47.1 Å². The van der Waals surface area contributed by atoms with E-state index >= 15 is 0 Å². The van der Waals surface area contributed by atoms with Crippen LogP contribution in [0, 0.1) is 0 Å². The van der Waals surface area contributed by atoms with Crippen LogP contribution in [0.4, 0.5) is 0 Å². The molecule has 3 nitrogen and oxygen atoms in total. The molecule has 3 heteroatoms. The van der Waals surface area contributed by atoms with Crippen molar-refractivity contribution in [2.75, 3.05) is 6.54 Å². The molecule has 0 aliphatic carbocycles. The number of ketones is 1. The van der Waals surface area contributed by atoms with Gasteiger partial charge in [0.15, 0.2) is 5.78 Å². The first-order valence-electron chi connectivity index (χ1n) is 2.34. The molecule has 1 rings (SSSR count). The Hall–Kier alpha value is -1.12. The molecule has 42 valence electrons. The Morgan fingerprint density at radius 1 is 1.75 bits per heavy atom. The van der Waals surface area contributed by atoms with Gasteiger partial charge in [0, 0.05) is 12.4 Å². The average molecular weight is 110 g/mol.